The number of carbonyl (C=O) groups excluding carboxylic acids is 1. The second-order valence-electron chi connectivity index (χ2n) is 5.38. The van der Waals surface area contributed by atoms with Crippen LogP contribution in [0.25, 0.3) is 0 Å². The van der Waals surface area contributed by atoms with Crippen molar-refractivity contribution in [1.82, 2.24) is 5.32 Å². The molecule has 0 aromatic heterocycles. The van der Waals surface area contributed by atoms with Crippen LogP contribution in [-0.2, 0) is 4.79 Å². The number of carbonyl (C=O) groups is 1. The molecule has 5 heteroatoms. The molecule has 1 amide bonds. The first-order valence-corrected chi connectivity index (χ1v) is 7.22. The van der Waals surface area contributed by atoms with E-state index in [1.807, 2.05) is 6.07 Å². The van der Waals surface area contributed by atoms with Gasteiger partial charge in [0.05, 0.1) is 11.6 Å². The Balaban J connectivity index is 1.88. The molecule has 0 bridgehead atoms. The van der Waals surface area contributed by atoms with Crippen molar-refractivity contribution in [2.45, 2.75) is 38.3 Å². The standard InChI is InChI=1S/C16H20N2O3/c1-11(21-14-7-5-12(9-17)6-8-14)16(20)18-15-4-2-3-13(15)10-19/h5-8,11,13,15,19H,2-4,10H2,1H3,(H,18,20). The van der Waals surface area contributed by atoms with Crippen LogP contribution in [0.5, 0.6) is 5.75 Å². The lowest BCUT2D eigenvalue weighted by Gasteiger charge is -2.22. The van der Waals surface area contributed by atoms with Crippen molar-refractivity contribution in [3.05, 3.63) is 29.8 Å². The minimum atomic E-state index is -0.613. The van der Waals surface area contributed by atoms with Crippen molar-refractivity contribution in [3.63, 3.8) is 0 Å². The number of hydrogen-bond acceptors (Lipinski definition) is 4. The second kappa shape index (κ2) is 7.09. The van der Waals surface area contributed by atoms with Gasteiger partial charge in [0, 0.05) is 18.6 Å². The van der Waals surface area contributed by atoms with Crippen molar-refractivity contribution in [1.29, 1.82) is 5.26 Å². The Morgan fingerprint density at radius 2 is 2.19 bits per heavy atom. The molecule has 0 aliphatic heterocycles. The van der Waals surface area contributed by atoms with Gasteiger partial charge in [-0.1, -0.05) is 6.42 Å². The maximum absolute atomic E-state index is 12.1. The summed E-state index contributed by atoms with van der Waals surface area (Å²) in [6, 6.07) is 8.72. The third kappa shape index (κ3) is 3.96. The number of amides is 1. The fourth-order valence-electron chi connectivity index (χ4n) is 2.61. The van der Waals surface area contributed by atoms with E-state index in [1.165, 1.54) is 0 Å². The van der Waals surface area contributed by atoms with E-state index in [1.54, 1.807) is 31.2 Å². The predicted octanol–water partition coefficient (Wildman–Crippen LogP) is 1.60. The third-order valence-electron chi connectivity index (χ3n) is 3.89. The third-order valence-corrected chi connectivity index (χ3v) is 3.89. The minimum Gasteiger partial charge on any atom is -0.481 e. The number of nitrogens with zero attached hydrogens (tertiary/aromatic N) is 1. The Kier molecular flexibility index (Phi) is 5.18. The number of hydrogen-bond donors (Lipinski definition) is 2. The van der Waals surface area contributed by atoms with Gasteiger partial charge >= 0.3 is 0 Å². The summed E-state index contributed by atoms with van der Waals surface area (Å²) in [6.07, 6.45) is 2.27. The van der Waals surface area contributed by atoms with Crippen LogP contribution in [0.4, 0.5) is 0 Å². The van der Waals surface area contributed by atoms with Gasteiger partial charge in [0.1, 0.15) is 5.75 Å². The number of rotatable bonds is 5. The Bertz CT molecular complexity index is 521. The Morgan fingerprint density at radius 1 is 1.48 bits per heavy atom. The lowest BCUT2D eigenvalue weighted by Crippen LogP contribution is -2.44. The molecule has 0 spiro atoms. The fraction of sp³-hybridized carbons (Fsp3) is 0.500. The van der Waals surface area contributed by atoms with Crippen molar-refractivity contribution in [2.24, 2.45) is 5.92 Å². The average molecular weight is 288 g/mol. The maximum atomic E-state index is 12.1. The molecule has 1 aliphatic rings. The molecule has 0 saturated heterocycles. The SMILES string of the molecule is CC(Oc1ccc(C#N)cc1)C(=O)NC1CCCC1CO. The first-order chi connectivity index (χ1) is 10.1. The van der Waals surface area contributed by atoms with Crippen LogP contribution < -0.4 is 10.1 Å². The van der Waals surface area contributed by atoms with Gasteiger partial charge in [0.15, 0.2) is 6.10 Å². The van der Waals surface area contributed by atoms with Gasteiger partial charge in [-0.15, -0.1) is 0 Å². The Labute approximate surface area is 124 Å². The summed E-state index contributed by atoms with van der Waals surface area (Å²) >= 11 is 0. The number of aliphatic hydroxyl groups is 1. The predicted molar refractivity (Wildman–Crippen MR) is 77.6 cm³/mol. The highest BCUT2D eigenvalue weighted by Crippen LogP contribution is 2.25. The molecule has 1 aromatic carbocycles. The van der Waals surface area contributed by atoms with E-state index in [-0.39, 0.29) is 24.5 Å². The summed E-state index contributed by atoms with van der Waals surface area (Å²) in [4.78, 5) is 12.1. The van der Waals surface area contributed by atoms with Crippen molar-refractivity contribution < 1.29 is 14.6 Å². The highest BCUT2D eigenvalue weighted by Gasteiger charge is 2.29. The summed E-state index contributed by atoms with van der Waals surface area (Å²) in [6.45, 7) is 1.80. The molecule has 3 atom stereocenters. The molecule has 0 radical (unpaired) electrons. The summed E-state index contributed by atoms with van der Waals surface area (Å²) in [5, 5.41) is 20.9. The van der Waals surface area contributed by atoms with Crippen LogP contribution in [0.1, 0.15) is 31.7 Å². The van der Waals surface area contributed by atoms with Crippen molar-refractivity contribution in [3.8, 4) is 11.8 Å². The number of nitriles is 1. The van der Waals surface area contributed by atoms with Crippen LogP contribution in [-0.4, -0.2) is 29.8 Å². The zero-order chi connectivity index (χ0) is 15.2. The van der Waals surface area contributed by atoms with E-state index >= 15 is 0 Å². The zero-order valence-electron chi connectivity index (χ0n) is 12.1. The largest absolute Gasteiger partial charge is 0.481 e. The summed E-state index contributed by atoms with van der Waals surface area (Å²) in [5.74, 6) is 0.530. The Morgan fingerprint density at radius 3 is 2.81 bits per heavy atom. The van der Waals surface area contributed by atoms with Crippen LogP contribution in [0.3, 0.4) is 0 Å². The molecule has 5 nitrogen and oxygen atoms in total. The van der Waals surface area contributed by atoms with Gasteiger partial charge in [-0.2, -0.15) is 5.26 Å². The minimum absolute atomic E-state index is 0.0366. The summed E-state index contributed by atoms with van der Waals surface area (Å²) in [5.41, 5.74) is 0.552. The van der Waals surface area contributed by atoms with Crippen LogP contribution >= 0.6 is 0 Å². The number of nitrogens with one attached hydrogen (secondary N) is 1. The quantitative estimate of drug-likeness (QED) is 0.862. The zero-order valence-corrected chi connectivity index (χ0v) is 12.1. The van der Waals surface area contributed by atoms with Crippen molar-refractivity contribution >= 4 is 5.91 Å². The highest BCUT2D eigenvalue weighted by atomic mass is 16.5. The smallest absolute Gasteiger partial charge is 0.261 e. The molecule has 21 heavy (non-hydrogen) atoms. The second-order valence-corrected chi connectivity index (χ2v) is 5.38. The van der Waals surface area contributed by atoms with Crippen LogP contribution in [0.2, 0.25) is 0 Å². The van der Waals surface area contributed by atoms with Crippen molar-refractivity contribution in [2.75, 3.05) is 6.61 Å². The molecule has 1 saturated carbocycles. The van der Waals surface area contributed by atoms with Gasteiger partial charge < -0.3 is 15.2 Å². The normalized spacial score (nSPS) is 22.3. The van der Waals surface area contributed by atoms with Gasteiger partial charge in [-0.3, -0.25) is 4.79 Å². The molecule has 1 aromatic rings. The molecule has 0 heterocycles. The monoisotopic (exact) mass is 288 g/mol. The summed E-state index contributed by atoms with van der Waals surface area (Å²) in [7, 11) is 0. The van der Waals surface area contributed by atoms with E-state index in [0.717, 1.165) is 19.3 Å². The first kappa shape index (κ1) is 15.3. The topological polar surface area (TPSA) is 82.3 Å². The number of ether oxygens (including phenoxy) is 1. The summed E-state index contributed by atoms with van der Waals surface area (Å²) < 4.78 is 5.57. The fourth-order valence-corrected chi connectivity index (χ4v) is 2.61. The van der Waals surface area contributed by atoms with E-state index in [0.29, 0.717) is 11.3 Å². The molecule has 2 rings (SSSR count). The van der Waals surface area contributed by atoms with E-state index in [9.17, 15) is 9.90 Å². The molecule has 1 fully saturated rings. The lowest BCUT2D eigenvalue weighted by molar-refractivity contribution is -0.128. The molecule has 3 unspecified atom stereocenters. The molecular weight excluding hydrogens is 268 g/mol. The first-order valence-electron chi connectivity index (χ1n) is 7.22. The molecule has 2 N–H and O–H groups in total. The molecular formula is C16H20N2O3. The van der Waals surface area contributed by atoms with E-state index in [4.69, 9.17) is 10.00 Å². The van der Waals surface area contributed by atoms with Crippen LogP contribution in [0.15, 0.2) is 24.3 Å². The van der Waals surface area contributed by atoms with E-state index in [2.05, 4.69) is 5.32 Å². The van der Waals surface area contributed by atoms with Gasteiger partial charge in [-0.25, -0.2) is 0 Å². The number of aliphatic hydroxyl groups excluding tert-OH is 1. The molecule has 1 aliphatic carbocycles. The van der Waals surface area contributed by atoms with Crippen LogP contribution in [0, 0.1) is 17.2 Å². The van der Waals surface area contributed by atoms with Gasteiger partial charge in [0.2, 0.25) is 0 Å². The van der Waals surface area contributed by atoms with Gasteiger partial charge in [-0.05, 0) is 44.0 Å². The highest BCUT2D eigenvalue weighted by molar-refractivity contribution is 5.81. The lowest BCUT2D eigenvalue weighted by atomic mass is 10.0. The molecule has 112 valence electrons. The average Bonchev–Trinajstić information content (AvgIpc) is 2.95. The number of benzene rings is 1. The van der Waals surface area contributed by atoms with Gasteiger partial charge in [0.25, 0.3) is 5.91 Å². The van der Waals surface area contributed by atoms with E-state index < -0.39 is 6.10 Å². The Hall–Kier alpha value is -2.06. The maximum Gasteiger partial charge on any atom is 0.261 e.